The zero-order chi connectivity index (χ0) is 17.4. The van der Waals surface area contributed by atoms with Gasteiger partial charge < -0.3 is 5.73 Å². The first-order valence-electron chi connectivity index (χ1n) is 8.49. The summed E-state index contributed by atoms with van der Waals surface area (Å²) >= 11 is 12.2. The summed E-state index contributed by atoms with van der Waals surface area (Å²) in [5.41, 5.74) is 8.99. The summed E-state index contributed by atoms with van der Waals surface area (Å²) in [6, 6.07) is 12.2. The molecule has 0 bridgehead atoms. The van der Waals surface area contributed by atoms with Gasteiger partial charge in [0.05, 0.1) is 27.8 Å². The maximum Gasteiger partial charge on any atom is 0.0687 e. The number of anilines is 1. The Balaban J connectivity index is 1.53. The van der Waals surface area contributed by atoms with Crippen molar-refractivity contribution in [2.75, 3.05) is 18.8 Å². The second-order valence-corrected chi connectivity index (χ2v) is 7.50. The van der Waals surface area contributed by atoms with Gasteiger partial charge >= 0.3 is 0 Å². The standard InChI is InChI=1S/C19H20Cl2N4/c20-17-5-3-13(8-18(17)21)11-24-7-1-2-16(12-24)25-19-6-4-15(22)9-14(19)10-23-25/h3-6,8-10,16H,1-2,7,11-12,22H2. The monoisotopic (exact) mass is 374 g/mol. The van der Waals surface area contributed by atoms with Crippen molar-refractivity contribution in [3.05, 3.63) is 58.2 Å². The number of benzene rings is 2. The number of hydrogen-bond acceptors (Lipinski definition) is 3. The van der Waals surface area contributed by atoms with Crippen LogP contribution in [0.1, 0.15) is 24.4 Å². The first kappa shape index (κ1) is 16.7. The van der Waals surface area contributed by atoms with Gasteiger partial charge in [0.2, 0.25) is 0 Å². The number of nitrogen functional groups attached to an aromatic ring is 1. The highest BCUT2D eigenvalue weighted by Gasteiger charge is 2.23. The average molecular weight is 375 g/mol. The second kappa shape index (κ2) is 6.87. The summed E-state index contributed by atoms with van der Waals surface area (Å²) in [7, 11) is 0. The number of hydrogen-bond donors (Lipinski definition) is 1. The van der Waals surface area contributed by atoms with Gasteiger partial charge in [-0.1, -0.05) is 29.3 Å². The highest BCUT2D eigenvalue weighted by atomic mass is 35.5. The first-order chi connectivity index (χ1) is 12.1. The third-order valence-electron chi connectivity index (χ3n) is 4.84. The Morgan fingerprint density at radius 1 is 1.12 bits per heavy atom. The van der Waals surface area contributed by atoms with E-state index in [-0.39, 0.29) is 0 Å². The second-order valence-electron chi connectivity index (χ2n) is 6.69. The molecule has 1 unspecified atom stereocenters. The molecule has 3 aromatic rings. The Morgan fingerprint density at radius 3 is 2.84 bits per heavy atom. The summed E-state index contributed by atoms with van der Waals surface area (Å²) in [4.78, 5) is 2.46. The summed E-state index contributed by atoms with van der Waals surface area (Å²) in [6.45, 7) is 2.93. The fraction of sp³-hybridized carbons (Fsp3) is 0.316. The van der Waals surface area contributed by atoms with Crippen molar-refractivity contribution in [3.8, 4) is 0 Å². The number of rotatable bonds is 3. The molecule has 4 rings (SSSR count). The van der Waals surface area contributed by atoms with E-state index in [0.717, 1.165) is 49.1 Å². The normalized spacial score (nSPS) is 18.7. The number of likely N-dealkylation sites (tertiary alicyclic amines) is 1. The molecule has 4 nitrogen and oxygen atoms in total. The molecule has 1 saturated heterocycles. The molecule has 1 fully saturated rings. The van der Waals surface area contributed by atoms with E-state index in [1.54, 1.807) is 0 Å². The van der Waals surface area contributed by atoms with Crippen LogP contribution < -0.4 is 5.73 Å². The molecule has 1 aromatic heterocycles. The Hall–Kier alpha value is -1.75. The fourth-order valence-corrected chi connectivity index (χ4v) is 3.95. The minimum atomic E-state index is 0.373. The van der Waals surface area contributed by atoms with Crippen molar-refractivity contribution in [1.29, 1.82) is 0 Å². The molecule has 1 atom stereocenters. The number of nitrogens with two attached hydrogens (primary N) is 1. The van der Waals surface area contributed by atoms with Crippen LogP contribution in [0.3, 0.4) is 0 Å². The summed E-state index contributed by atoms with van der Waals surface area (Å²) < 4.78 is 2.15. The van der Waals surface area contributed by atoms with E-state index in [9.17, 15) is 0 Å². The van der Waals surface area contributed by atoms with Crippen LogP contribution in [-0.2, 0) is 6.54 Å². The van der Waals surface area contributed by atoms with Crippen LogP contribution >= 0.6 is 23.2 Å². The molecule has 0 radical (unpaired) electrons. The van der Waals surface area contributed by atoms with Gasteiger partial charge in [0.25, 0.3) is 0 Å². The maximum absolute atomic E-state index is 6.14. The number of fused-ring (bicyclic) bond motifs is 1. The molecular weight excluding hydrogens is 355 g/mol. The van der Waals surface area contributed by atoms with Gasteiger partial charge in [-0.3, -0.25) is 9.58 Å². The van der Waals surface area contributed by atoms with Gasteiger partial charge in [-0.05, 0) is 55.3 Å². The van der Waals surface area contributed by atoms with Crippen LogP contribution in [0.15, 0.2) is 42.6 Å². The van der Waals surface area contributed by atoms with E-state index in [1.165, 1.54) is 5.56 Å². The Labute approximate surface area is 157 Å². The lowest BCUT2D eigenvalue weighted by atomic mass is 10.0. The number of piperidine rings is 1. The Kier molecular flexibility index (Phi) is 4.59. The van der Waals surface area contributed by atoms with E-state index in [1.807, 2.05) is 36.5 Å². The zero-order valence-corrected chi connectivity index (χ0v) is 15.3. The minimum Gasteiger partial charge on any atom is -0.399 e. The SMILES string of the molecule is Nc1ccc2c(cnn2C2CCCN(Cc3ccc(Cl)c(Cl)c3)C2)c1. The largest absolute Gasteiger partial charge is 0.399 e. The van der Waals surface area contributed by atoms with Gasteiger partial charge in [0, 0.05) is 24.2 Å². The number of aromatic nitrogens is 2. The van der Waals surface area contributed by atoms with Crippen molar-refractivity contribution in [2.24, 2.45) is 0 Å². The zero-order valence-electron chi connectivity index (χ0n) is 13.8. The van der Waals surface area contributed by atoms with Crippen molar-refractivity contribution in [1.82, 2.24) is 14.7 Å². The predicted molar refractivity (Wildman–Crippen MR) is 104 cm³/mol. The van der Waals surface area contributed by atoms with Crippen LogP contribution in [0.5, 0.6) is 0 Å². The minimum absolute atomic E-state index is 0.373. The van der Waals surface area contributed by atoms with Gasteiger partial charge in [-0.25, -0.2) is 0 Å². The highest BCUT2D eigenvalue weighted by Crippen LogP contribution is 2.28. The molecule has 0 saturated carbocycles. The smallest absolute Gasteiger partial charge is 0.0687 e. The van der Waals surface area contributed by atoms with E-state index in [2.05, 4.69) is 20.7 Å². The highest BCUT2D eigenvalue weighted by molar-refractivity contribution is 6.42. The molecule has 6 heteroatoms. The van der Waals surface area contributed by atoms with Crippen molar-refractivity contribution in [3.63, 3.8) is 0 Å². The molecule has 130 valence electrons. The van der Waals surface area contributed by atoms with Crippen LogP contribution in [-0.4, -0.2) is 27.8 Å². The quantitative estimate of drug-likeness (QED) is 0.672. The molecule has 2 N–H and O–H groups in total. The van der Waals surface area contributed by atoms with Gasteiger partial charge in [0.15, 0.2) is 0 Å². The average Bonchev–Trinajstić information content (AvgIpc) is 3.01. The van der Waals surface area contributed by atoms with Crippen LogP contribution in [0, 0.1) is 0 Å². The van der Waals surface area contributed by atoms with Crippen LogP contribution in [0.2, 0.25) is 10.0 Å². The van der Waals surface area contributed by atoms with Gasteiger partial charge in [-0.2, -0.15) is 5.10 Å². The summed E-state index contributed by atoms with van der Waals surface area (Å²) in [5.74, 6) is 0. The van der Waals surface area contributed by atoms with E-state index < -0.39 is 0 Å². The van der Waals surface area contributed by atoms with Crippen LogP contribution in [0.25, 0.3) is 10.9 Å². The fourth-order valence-electron chi connectivity index (χ4n) is 3.63. The third-order valence-corrected chi connectivity index (χ3v) is 5.58. The molecule has 0 amide bonds. The van der Waals surface area contributed by atoms with Gasteiger partial charge in [-0.15, -0.1) is 0 Å². The van der Waals surface area contributed by atoms with Crippen molar-refractivity contribution < 1.29 is 0 Å². The van der Waals surface area contributed by atoms with Crippen LogP contribution in [0.4, 0.5) is 5.69 Å². The topological polar surface area (TPSA) is 47.1 Å². The van der Waals surface area contributed by atoms with Gasteiger partial charge in [0.1, 0.15) is 0 Å². The molecule has 2 heterocycles. The van der Waals surface area contributed by atoms with Crippen molar-refractivity contribution in [2.45, 2.75) is 25.4 Å². The van der Waals surface area contributed by atoms with E-state index in [4.69, 9.17) is 28.9 Å². The number of nitrogens with zero attached hydrogens (tertiary/aromatic N) is 3. The molecular formula is C19H20Cl2N4. The lowest BCUT2D eigenvalue weighted by molar-refractivity contribution is 0.165. The van der Waals surface area contributed by atoms with Crippen molar-refractivity contribution >= 4 is 39.8 Å². The van der Waals surface area contributed by atoms with E-state index in [0.29, 0.717) is 16.1 Å². The molecule has 1 aliphatic heterocycles. The maximum atomic E-state index is 6.14. The Morgan fingerprint density at radius 2 is 2.00 bits per heavy atom. The van der Waals surface area contributed by atoms with E-state index >= 15 is 0 Å². The molecule has 1 aliphatic rings. The first-order valence-corrected chi connectivity index (χ1v) is 9.25. The molecule has 25 heavy (non-hydrogen) atoms. The summed E-state index contributed by atoms with van der Waals surface area (Å²) in [5, 5.41) is 6.94. The molecule has 0 aliphatic carbocycles. The lowest BCUT2D eigenvalue weighted by Gasteiger charge is -2.33. The molecule has 2 aromatic carbocycles. The summed E-state index contributed by atoms with van der Waals surface area (Å²) in [6.07, 6.45) is 4.20. The number of halogens is 2. The molecule has 0 spiro atoms. The lowest BCUT2D eigenvalue weighted by Crippen LogP contribution is -2.36. The Bertz CT molecular complexity index is 906. The third kappa shape index (κ3) is 3.47. The predicted octanol–water partition coefficient (Wildman–Crippen LogP) is 4.76.